The number of hydrogen-bond acceptors (Lipinski definition) is 3. The number of rotatable bonds is 4. The van der Waals surface area contributed by atoms with Gasteiger partial charge < -0.3 is 10.6 Å². The van der Waals surface area contributed by atoms with Crippen molar-refractivity contribution in [3.63, 3.8) is 0 Å². The zero-order valence-corrected chi connectivity index (χ0v) is 13.1. The van der Waals surface area contributed by atoms with Crippen LogP contribution in [0.1, 0.15) is 5.56 Å². The third-order valence-corrected chi connectivity index (χ3v) is 3.34. The molecule has 0 atom stereocenters. The molecule has 2 N–H and O–H groups in total. The first kappa shape index (κ1) is 14.8. The number of carbonyl (C=O) groups excluding carboxylic acids is 1. The summed E-state index contributed by atoms with van der Waals surface area (Å²) in [6.07, 6.45) is 1.49. The van der Waals surface area contributed by atoms with Crippen LogP contribution >= 0.6 is 27.5 Å². The highest BCUT2D eigenvalue weighted by Gasteiger charge is 2.04. The van der Waals surface area contributed by atoms with Gasteiger partial charge in [-0.3, -0.25) is 4.79 Å². The Labute approximate surface area is 130 Å². The standard InChI is InChI=1S/C14H13BrClN3O/c1-9-6-10(15)2-4-12(9)17-8-14(20)19-13-5-3-11(16)7-18-13/h2-7,17H,8H2,1H3,(H,18,19,20). The Morgan fingerprint density at radius 2 is 2.15 bits per heavy atom. The van der Waals surface area contributed by atoms with Gasteiger partial charge in [0.15, 0.2) is 0 Å². The van der Waals surface area contributed by atoms with Crippen molar-refractivity contribution in [3.05, 3.63) is 51.6 Å². The summed E-state index contributed by atoms with van der Waals surface area (Å²) in [7, 11) is 0. The molecule has 0 aliphatic carbocycles. The lowest BCUT2D eigenvalue weighted by molar-refractivity contribution is -0.114. The minimum atomic E-state index is -0.165. The molecule has 0 aliphatic heterocycles. The molecule has 2 rings (SSSR count). The van der Waals surface area contributed by atoms with E-state index in [0.29, 0.717) is 10.8 Å². The number of aryl methyl sites for hydroxylation is 1. The van der Waals surface area contributed by atoms with E-state index in [4.69, 9.17) is 11.6 Å². The molecule has 2 aromatic rings. The normalized spacial score (nSPS) is 10.2. The van der Waals surface area contributed by atoms with E-state index in [1.165, 1.54) is 6.20 Å². The number of pyridine rings is 1. The molecule has 0 bridgehead atoms. The zero-order chi connectivity index (χ0) is 14.5. The van der Waals surface area contributed by atoms with Gasteiger partial charge in [-0.15, -0.1) is 0 Å². The average Bonchev–Trinajstić information content (AvgIpc) is 2.40. The van der Waals surface area contributed by atoms with Crippen LogP contribution in [0.3, 0.4) is 0 Å². The third-order valence-electron chi connectivity index (χ3n) is 2.62. The van der Waals surface area contributed by atoms with Crippen molar-refractivity contribution in [2.75, 3.05) is 17.2 Å². The quantitative estimate of drug-likeness (QED) is 0.876. The highest BCUT2D eigenvalue weighted by molar-refractivity contribution is 9.10. The monoisotopic (exact) mass is 353 g/mol. The molecule has 4 nitrogen and oxygen atoms in total. The van der Waals surface area contributed by atoms with E-state index in [-0.39, 0.29) is 12.5 Å². The van der Waals surface area contributed by atoms with Crippen LogP contribution in [-0.4, -0.2) is 17.4 Å². The molecule has 0 saturated carbocycles. The summed E-state index contributed by atoms with van der Waals surface area (Å²) in [5.41, 5.74) is 1.99. The van der Waals surface area contributed by atoms with Crippen molar-refractivity contribution in [1.29, 1.82) is 0 Å². The van der Waals surface area contributed by atoms with Crippen LogP contribution in [0.15, 0.2) is 41.0 Å². The highest BCUT2D eigenvalue weighted by atomic mass is 79.9. The second kappa shape index (κ2) is 6.72. The zero-order valence-electron chi connectivity index (χ0n) is 10.8. The summed E-state index contributed by atoms with van der Waals surface area (Å²) in [5.74, 6) is 0.316. The summed E-state index contributed by atoms with van der Waals surface area (Å²) in [5, 5.41) is 6.31. The molecule has 0 unspecified atom stereocenters. The Morgan fingerprint density at radius 1 is 1.35 bits per heavy atom. The molecule has 0 spiro atoms. The van der Waals surface area contributed by atoms with Crippen LogP contribution in [0.2, 0.25) is 5.02 Å². The fraction of sp³-hybridized carbons (Fsp3) is 0.143. The summed E-state index contributed by atoms with van der Waals surface area (Å²) in [4.78, 5) is 15.8. The Hall–Kier alpha value is -1.59. The van der Waals surface area contributed by atoms with Crippen LogP contribution in [0.4, 0.5) is 11.5 Å². The van der Waals surface area contributed by atoms with Gasteiger partial charge in [0.2, 0.25) is 5.91 Å². The van der Waals surface area contributed by atoms with E-state index >= 15 is 0 Å². The SMILES string of the molecule is Cc1cc(Br)ccc1NCC(=O)Nc1ccc(Cl)cn1. The fourth-order valence-corrected chi connectivity index (χ4v) is 2.23. The number of amides is 1. The van der Waals surface area contributed by atoms with Crippen LogP contribution < -0.4 is 10.6 Å². The van der Waals surface area contributed by atoms with Crippen molar-refractivity contribution in [2.45, 2.75) is 6.92 Å². The van der Waals surface area contributed by atoms with Gasteiger partial charge in [0.05, 0.1) is 11.6 Å². The lowest BCUT2D eigenvalue weighted by Crippen LogP contribution is -2.22. The van der Waals surface area contributed by atoms with Gasteiger partial charge in [-0.05, 0) is 42.8 Å². The Kier molecular flexibility index (Phi) is 4.98. The molecule has 0 aliphatic rings. The molecule has 0 saturated heterocycles. The summed E-state index contributed by atoms with van der Waals surface area (Å²) in [6.45, 7) is 2.15. The number of nitrogens with one attached hydrogen (secondary N) is 2. The number of nitrogens with zero attached hydrogens (tertiary/aromatic N) is 1. The maximum Gasteiger partial charge on any atom is 0.244 e. The molecule has 1 amide bonds. The smallest absolute Gasteiger partial charge is 0.244 e. The lowest BCUT2D eigenvalue weighted by atomic mass is 10.2. The topological polar surface area (TPSA) is 54.0 Å². The molecule has 0 fully saturated rings. The minimum absolute atomic E-state index is 0.165. The number of anilines is 2. The molecule has 1 heterocycles. The summed E-state index contributed by atoms with van der Waals surface area (Å²) in [6, 6.07) is 9.17. The van der Waals surface area contributed by atoms with Gasteiger partial charge in [-0.1, -0.05) is 27.5 Å². The summed E-state index contributed by atoms with van der Waals surface area (Å²) < 4.78 is 1.01. The maximum absolute atomic E-state index is 11.8. The molecule has 6 heteroatoms. The first-order valence-electron chi connectivity index (χ1n) is 5.96. The van der Waals surface area contributed by atoms with Crippen LogP contribution in [0, 0.1) is 6.92 Å². The maximum atomic E-state index is 11.8. The van der Waals surface area contributed by atoms with Crippen molar-refractivity contribution in [3.8, 4) is 0 Å². The van der Waals surface area contributed by atoms with E-state index in [2.05, 4.69) is 31.5 Å². The number of benzene rings is 1. The molecule has 1 aromatic heterocycles. The Bertz CT molecular complexity index is 616. The summed E-state index contributed by atoms with van der Waals surface area (Å²) >= 11 is 9.13. The lowest BCUT2D eigenvalue weighted by Gasteiger charge is -2.10. The molecule has 20 heavy (non-hydrogen) atoms. The first-order valence-corrected chi connectivity index (χ1v) is 7.13. The van der Waals surface area contributed by atoms with E-state index in [0.717, 1.165) is 15.7 Å². The molecular weight excluding hydrogens is 342 g/mol. The largest absolute Gasteiger partial charge is 0.376 e. The van der Waals surface area contributed by atoms with Crippen molar-refractivity contribution < 1.29 is 4.79 Å². The number of aromatic nitrogens is 1. The second-order valence-corrected chi connectivity index (χ2v) is 5.57. The van der Waals surface area contributed by atoms with E-state index < -0.39 is 0 Å². The van der Waals surface area contributed by atoms with Crippen molar-refractivity contribution in [1.82, 2.24) is 4.98 Å². The first-order chi connectivity index (χ1) is 9.54. The van der Waals surface area contributed by atoms with Crippen LogP contribution in [0.5, 0.6) is 0 Å². The van der Waals surface area contributed by atoms with Crippen LogP contribution in [-0.2, 0) is 4.79 Å². The molecule has 104 valence electrons. The minimum Gasteiger partial charge on any atom is -0.376 e. The van der Waals surface area contributed by atoms with Crippen molar-refractivity contribution >= 4 is 44.9 Å². The molecule has 0 radical (unpaired) electrons. The molecular formula is C14H13BrClN3O. The van der Waals surface area contributed by atoms with Crippen molar-refractivity contribution in [2.24, 2.45) is 0 Å². The van der Waals surface area contributed by atoms with Crippen LogP contribution in [0.25, 0.3) is 0 Å². The predicted molar refractivity (Wildman–Crippen MR) is 85.2 cm³/mol. The fourth-order valence-electron chi connectivity index (χ4n) is 1.64. The number of carbonyl (C=O) groups is 1. The number of hydrogen-bond donors (Lipinski definition) is 2. The Balaban J connectivity index is 1.90. The van der Waals surface area contributed by atoms with E-state index in [9.17, 15) is 4.79 Å². The average molecular weight is 355 g/mol. The van der Waals surface area contributed by atoms with E-state index in [1.54, 1.807) is 12.1 Å². The molecule has 1 aromatic carbocycles. The van der Waals surface area contributed by atoms with Gasteiger partial charge in [-0.25, -0.2) is 4.98 Å². The third kappa shape index (κ3) is 4.21. The highest BCUT2D eigenvalue weighted by Crippen LogP contribution is 2.19. The van der Waals surface area contributed by atoms with Gasteiger partial charge in [0.25, 0.3) is 0 Å². The van der Waals surface area contributed by atoms with Gasteiger partial charge in [0, 0.05) is 16.4 Å². The van der Waals surface area contributed by atoms with Gasteiger partial charge in [0.1, 0.15) is 5.82 Å². The van der Waals surface area contributed by atoms with E-state index in [1.807, 2.05) is 25.1 Å². The van der Waals surface area contributed by atoms with Gasteiger partial charge >= 0.3 is 0 Å². The predicted octanol–water partition coefficient (Wildman–Crippen LogP) is 3.86. The van der Waals surface area contributed by atoms with Gasteiger partial charge in [-0.2, -0.15) is 0 Å². The number of halogens is 2. The Morgan fingerprint density at radius 3 is 2.80 bits per heavy atom. The second-order valence-electron chi connectivity index (χ2n) is 4.22.